The lowest BCUT2D eigenvalue weighted by atomic mass is 10.1. The van der Waals surface area contributed by atoms with Crippen LogP contribution in [0.5, 0.6) is 5.75 Å². The number of methoxy groups -OCH3 is 1. The average molecular weight is 397 g/mol. The molecule has 1 amide bonds. The van der Waals surface area contributed by atoms with E-state index in [-0.39, 0.29) is 12.0 Å². The van der Waals surface area contributed by atoms with Crippen molar-refractivity contribution in [1.82, 2.24) is 4.90 Å². The molecule has 3 rings (SSSR count). The zero-order valence-electron chi connectivity index (χ0n) is 18.2. The highest BCUT2D eigenvalue weighted by Gasteiger charge is 2.24. The Labute approximate surface area is 174 Å². The highest BCUT2D eigenvalue weighted by molar-refractivity contribution is 5.94. The van der Waals surface area contributed by atoms with E-state index in [1.165, 1.54) is 16.8 Å². The van der Waals surface area contributed by atoms with E-state index < -0.39 is 0 Å². The van der Waals surface area contributed by atoms with Crippen LogP contribution in [0.3, 0.4) is 0 Å². The maximum atomic E-state index is 13.1. The van der Waals surface area contributed by atoms with Gasteiger partial charge in [0.05, 0.1) is 19.8 Å². The first kappa shape index (κ1) is 21.2. The van der Waals surface area contributed by atoms with Crippen LogP contribution >= 0.6 is 0 Å². The molecule has 2 aromatic rings. The van der Waals surface area contributed by atoms with Gasteiger partial charge >= 0.3 is 0 Å². The SMILES string of the molecule is COc1ccc(C(=O)N2CCN(c3cccc(C)c3C)CC2)cc1COC(C)C. The minimum Gasteiger partial charge on any atom is -0.496 e. The minimum atomic E-state index is 0.0686. The van der Waals surface area contributed by atoms with E-state index in [0.29, 0.717) is 12.2 Å². The van der Waals surface area contributed by atoms with Gasteiger partial charge in [0.15, 0.2) is 0 Å². The first-order valence-electron chi connectivity index (χ1n) is 10.3. The van der Waals surface area contributed by atoms with E-state index >= 15 is 0 Å². The average Bonchev–Trinajstić information content (AvgIpc) is 2.73. The number of hydrogen-bond donors (Lipinski definition) is 0. The van der Waals surface area contributed by atoms with Gasteiger partial charge in [-0.3, -0.25) is 4.79 Å². The summed E-state index contributed by atoms with van der Waals surface area (Å²) in [6.07, 6.45) is 0.122. The highest BCUT2D eigenvalue weighted by Crippen LogP contribution is 2.25. The third kappa shape index (κ3) is 4.91. The fourth-order valence-electron chi connectivity index (χ4n) is 3.69. The Balaban J connectivity index is 1.69. The number of hydrogen-bond acceptors (Lipinski definition) is 4. The Kier molecular flexibility index (Phi) is 6.80. The fourth-order valence-corrected chi connectivity index (χ4v) is 3.69. The van der Waals surface area contributed by atoms with E-state index in [1.807, 2.05) is 36.9 Å². The van der Waals surface area contributed by atoms with Gasteiger partial charge in [-0.05, 0) is 63.1 Å². The summed E-state index contributed by atoms with van der Waals surface area (Å²) in [5.41, 5.74) is 5.48. The number of aryl methyl sites for hydroxylation is 1. The lowest BCUT2D eigenvalue weighted by Crippen LogP contribution is -2.49. The predicted octanol–water partition coefficient (Wildman–Crippen LogP) is 4.20. The summed E-state index contributed by atoms with van der Waals surface area (Å²) in [6, 6.07) is 12.0. The van der Waals surface area contributed by atoms with E-state index in [9.17, 15) is 4.79 Å². The van der Waals surface area contributed by atoms with Crippen LogP contribution in [0.25, 0.3) is 0 Å². The normalized spacial score (nSPS) is 14.4. The molecule has 1 saturated heterocycles. The highest BCUT2D eigenvalue weighted by atomic mass is 16.5. The molecule has 0 saturated carbocycles. The van der Waals surface area contributed by atoms with Crippen molar-refractivity contribution in [2.45, 2.75) is 40.4 Å². The van der Waals surface area contributed by atoms with E-state index in [1.54, 1.807) is 7.11 Å². The predicted molar refractivity (Wildman–Crippen MR) is 117 cm³/mol. The molecule has 5 nitrogen and oxygen atoms in total. The molecule has 0 radical (unpaired) electrons. The van der Waals surface area contributed by atoms with E-state index in [4.69, 9.17) is 9.47 Å². The zero-order chi connectivity index (χ0) is 21.0. The molecule has 0 N–H and O–H groups in total. The Morgan fingerprint density at radius 1 is 1.07 bits per heavy atom. The molecule has 0 aliphatic carbocycles. The number of nitrogens with zero attached hydrogens (tertiary/aromatic N) is 2. The second-order valence-electron chi connectivity index (χ2n) is 7.88. The summed E-state index contributed by atoms with van der Waals surface area (Å²) in [5, 5.41) is 0. The topological polar surface area (TPSA) is 42.0 Å². The van der Waals surface area contributed by atoms with Crippen LogP contribution in [0.4, 0.5) is 5.69 Å². The van der Waals surface area contributed by atoms with Crippen LogP contribution in [-0.4, -0.2) is 50.2 Å². The molecule has 0 aromatic heterocycles. The van der Waals surface area contributed by atoms with Crippen LogP contribution in [0.15, 0.2) is 36.4 Å². The Bertz CT molecular complexity index is 855. The molecule has 1 heterocycles. The van der Waals surface area contributed by atoms with Crippen molar-refractivity contribution in [3.8, 4) is 5.75 Å². The Morgan fingerprint density at radius 3 is 2.45 bits per heavy atom. The lowest BCUT2D eigenvalue weighted by molar-refractivity contribution is 0.0642. The molecule has 1 fully saturated rings. The first-order valence-corrected chi connectivity index (χ1v) is 10.3. The molecule has 0 unspecified atom stereocenters. The largest absolute Gasteiger partial charge is 0.496 e. The molecule has 1 aliphatic rings. The smallest absolute Gasteiger partial charge is 0.253 e. The molecular weight excluding hydrogens is 364 g/mol. The van der Waals surface area contributed by atoms with Crippen molar-refractivity contribution < 1.29 is 14.3 Å². The summed E-state index contributed by atoms with van der Waals surface area (Å²) >= 11 is 0. The van der Waals surface area contributed by atoms with Gasteiger partial charge in [-0.2, -0.15) is 0 Å². The monoisotopic (exact) mass is 396 g/mol. The molecule has 0 bridgehead atoms. The fraction of sp³-hybridized carbons (Fsp3) is 0.458. The van der Waals surface area contributed by atoms with Crippen molar-refractivity contribution in [3.05, 3.63) is 58.7 Å². The quantitative estimate of drug-likeness (QED) is 0.734. The zero-order valence-corrected chi connectivity index (χ0v) is 18.2. The number of anilines is 1. The lowest BCUT2D eigenvalue weighted by Gasteiger charge is -2.37. The summed E-state index contributed by atoms with van der Waals surface area (Å²) in [7, 11) is 1.64. The van der Waals surface area contributed by atoms with Crippen molar-refractivity contribution >= 4 is 11.6 Å². The molecule has 0 spiro atoms. The van der Waals surface area contributed by atoms with Crippen LogP contribution in [0, 0.1) is 13.8 Å². The van der Waals surface area contributed by atoms with Crippen molar-refractivity contribution in [2.75, 3.05) is 38.2 Å². The molecule has 156 valence electrons. The number of carbonyl (C=O) groups excluding carboxylic acids is 1. The number of piperazine rings is 1. The van der Waals surface area contributed by atoms with Crippen molar-refractivity contribution in [3.63, 3.8) is 0 Å². The van der Waals surface area contributed by atoms with Crippen molar-refractivity contribution in [2.24, 2.45) is 0 Å². The van der Waals surface area contributed by atoms with Crippen molar-refractivity contribution in [1.29, 1.82) is 0 Å². The van der Waals surface area contributed by atoms with Gasteiger partial charge in [-0.25, -0.2) is 0 Å². The maximum absolute atomic E-state index is 13.1. The third-order valence-corrected chi connectivity index (χ3v) is 5.58. The van der Waals surface area contributed by atoms with Crippen LogP contribution in [0.2, 0.25) is 0 Å². The maximum Gasteiger partial charge on any atom is 0.253 e. The second-order valence-corrected chi connectivity index (χ2v) is 7.88. The molecule has 0 atom stereocenters. The van der Waals surface area contributed by atoms with Crippen LogP contribution < -0.4 is 9.64 Å². The van der Waals surface area contributed by atoms with Gasteiger partial charge in [-0.1, -0.05) is 12.1 Å². The number of benzene rings is 2. The molecule has 1 aliphatic heterocycles. The number of amides is 1. The van der Waals surface area contributed by atoms with Gasteiger partial charge in [0.1, 0.15) is 5.75 Å². The summed E-state index contributed by atoms with van der Waals surface area (Å²) in [5.74, 6) is 0.820. The van der Waals surface area contributed by atoms with Gasteiger partial charge in [0.2, 0.25) is 0 Å². The molecule has 5 heteroatoms. The van der Waals surface area contributed by atoms with Gasteiger partial charge in [0.25, 0.3) is 5.91 Å². The number of ether oxygens (including phenoxy) is 2. The van der Waals surface area contributed by atoms with E-state index in [2.05, 4.69) is 36.9 Å². The second kappa shape index (κ2) is 9.31. The minimum absolute atomic E-state index is 0.0686. The van der Waals surface area contributed by atoms with E-state index in [0.717, 1.165) is 37.5 Å². The molecule has 29 heavy (non-hydrogen) atoms. The Morgan fingerprint density at radius 2 is 1.79 bits per heavy atom. The number of rotatable bonds is 6. The summed E-state index contributed by atoms with van der Waals surface area (Å²) < 4.78 is 11.2. The molecular formula is C24H32N2O3. The molecule has 2 aromatic carbocycles. The Hall–Kier alpha value is -2.53. The van der Waals surface area contributed by atoms with Crippen LogP contribution in [0.1, 0.15) is 40.9 Å². The first-order chi connectivity index (χ1) is 13.9. The van der Waals surface area contributed by atoms with Gasteiger partial charge in [0, 0.05) is 43.0 Å². The van der Waals surface area contributed by atoms with Gasteiger partial charge < -0.3 is 19.3 Å². The third-order valence-electron chi connectivity index (χ3n) is 5.58. The standard InChI is InChI=1S/C24H32N2O3/c1-17(2)29-16-21-15-20(9-10-23(21)28-5)24(27)26-13-11-25(12-14-26)22-8-6-7-18(3)19(22)4/h6-10,15,17H,11-14,16H2,1-5H3. The summed E-state index contributed by atoms with van der Waals surface area (Å²) in [6.45, 7) is 11.9. The summed E-state index contributed by atoms with van der Waals surface area (Å²) in [4.78, 5) is 17.4. The number of carbonyl (C=O) groups is 1. The van der Waals surface area contributed by atoms with Gasteiger partial charge in [-0.15, -0.1) is 0 Å². The van der Waals surface area contributed by atoms with Crippen LogP contribution in [-0.2, 0) is 11.3 Å².